The summed E-state index contributed by atoms with van der Waals surface area (Å²) in [5, 5.41) is 6.69. The number of nitrogens with zero attached hydrogens (tertiary/aromatic N) is 2. The van der Waals surface area contributed by atoms with E-state index in [1.165, 1.54) is 19.2 Å². The molecular weight excluding hydrogens is 357 g/mol. The van der Waals surface area contributed by atoms with Crippen molar-refractivity contribution in [3.05, 3.63) is 55.5 Å². The fraction of sp³-hybridized carbons (Fsp3) is 0.154. The topological polar surface area (TPSA) is 64.0 Å². The summed E-state index contributed by atoms with van der Waals surface area (Å²) in [5.74, 6) is -0.333. The van der Waals surface area contributed by atoms with Gasteiger partial charge in [0, 0.05) is 22.4 Å². The molecule has 1 amide bonds. The first-order valence-electron chi connectivity index (χ1n) is 5.59. The van der Waals surface area contributed by atoms with Crippen LogP contribution in [-0.4, -0.2) is 15.7 Å². The van der Waals surface area contributed by atoms with E-state index < -0.39 is 0 Å². The van der Waals surface area contributed by atoms with Crippen molar-refractivity contribution in [3.63, 3.8) is 0 Å². The highest BCUT2D eigenvalue weighted by Crippen LogP contribution is 2.18. The maximum absolute atomic E-state index is 12.0. The van der Waals surface area contributed by atoms with Gasteiger partial charge in [-0.2, -0.15) is 5.10 Å². The van der Waals surface area contributed by atoms with Crippen molar-refractivity contribution >= 4 is 34.2 Å². The minimum absolute atomic E-state index is 0.208. The van der Waals surface area contributed by atoms with Crippen molar-refractivity contribution in [2.75, 3.05) is 5.32 Å². The number of nitrogens with one attached hydrogen (secondary N) is 1. The van der Waals surface area contributed by atoms with Crippen molar-refractivity contribution in [2.45, 2.75) is 6.92 Å². The summed E-state index contributed by atoms with van der Waals surface area (Å²) in [6, 6.07) is 8.47. The van der Waals surface area contributed by atoms with Gasteiger partial charge in [0.25, 0.3) is 11.5 Å². The van der Waals surface area contributed by atoms with Crippen LogP contribution in [0, 0.1) is 10.5 Å². The van der Waals surface area contributed by atoms with Crippen LogP contribution in [0.15, 0.2) is 35.1 Å². The van der Waals surface area contributed by atoms with Crippen LogP contribution in [0.1, 0.15) is 16.1 Å². The lowest BCUT2D eigenvalue weighted by Gasteiger charge is -2.08. The summed E-state index contributed by atoms with van der Waals surface area (Å²) < 4.78 is 2.24. The molecule has 0 bridgehead atoms. The first-order chi connectivity index (χ1) is 8.97. The monoisotopic (exact) mass is 369 g/mol. The molecule has 0 spiro atoms. The zero-order chi connectivity index (χ0) is 14.0. The van der Waals surface area contributed by atoms with Crippen LogP contribution in [0.2, 0.25) is 0 Å². The average molecular weight is 369 g/mol. The summed E-state index contributed by atoms with van der Waals surface area (Å²) in [6.45, 7) is 1.92. The highest BCUT2D eigenvalue weighted by atomic mass is 127. The highest BCUT2D eigenvalue weighted by Gasteiger charge is 2.10. The second kappa shape index (κ2) is 5.52. The highest BCUT2D eigenvalue weighted by molar-refractivity contribution is 14.1. The first kappa shape index (κ1) is 13.7. The fourth-order valence-corrected chi connectivity index (χ4v) is 2.22. The van der Waals surface area contributed by atoms with Gasteiger partial charge in [0.1, 0.15) is 5.69 Å². The van der Waals surface area contributed by atoms with Gasteiger partial charge in [0.2, 0.25) is 0 Å². The summed E-state index contributed by atoms with van der Waals surface area (Å²) in [4.78, 5) is 23.2. The molecule has 0 radical (unpaired) electrons. The van der Waals surface area contributed by atoms with Crippen LogP contribution < -0.4 is 10.9 Å². The molecule has 0 aliphatic rings. The number of amides is 1. The molecule has 19 heavy (non-hydrogen) atoms. The van der Waals surface area contributed by atoms with Crippen molar-refractivity contribution < 1.29 is 4.79 Å². The van der Waals surface area contributed by atoms with Crippen molar-refractivity contribution in [1.82, 2.24) is 9.78 Å². The Morgan fingerprint density at radius 2 is 2.05 bits per heavy atom. The van der Waals surface area contributed by atoms with Gasteiger partial charge < -0.3 is 5.32 Å². The Balaban J connectivity index is 2.25. The van der Waals surface area contributed by atoms with Gasteiger partial charge in [0.05, 0.1) is 0 Å². The fourth-order valence-electron chi connectivity index (χ4n) is 1.58. The molecule has 0 fully saturated rings. The van der Waals surface area contributed by atoms with Gasteiger partial charge in [-0.15, -0.1) is 0 Å². The van der Waals surface area contributed by atoms with E-state index in [0.29, 0.717) is 0 Å². The molecule has 1 heterocycles. The quantitative estimate of drug-likeness (QED) is 0.824. The molecule has 6 heteroatoms. The lowest BCUT2D eigenvalue weighted by Crippen LogP contribution is -2.23. The van der Waals surface area contributed by atoms with Crippen molar-refractivity contribution in [1.29, 1.82) is 0 Å². The number of hydrogen-bond acceptors (Lipinski definition) is 3. The molecule has 2 aromatic rings. The number of carbonyl (C=O) groups is 1. The smallest absolute Gasteiger partial charge is 0.276 e. The number of aromatic nitrogens is 2. The second-order valence-electron chi connectivity index (χ2n) is 4.09. The van der Waals surface area contributed by atoms with E-state index in [1.54, 1.807) is 0 Å². The number of halogens is 1. The molecule has 2 rings (SSSR count). The normalized spacial score (nSPS) is 10.3. The number of anilines is 1. The molecule has 98 valence electrons. The number of hydrogen-bond donors (Lipinski definition) is 1. The Kier molecular flexibility index (Phi) is 3.98. The van der Waals surface area contributed by atoms with Gasteiger partial charge in [-0.1, -0.05) is 0 Å². The molecule has 1 aromatic carbocycles. The van der Waals surface area contributed by atoms with E-state index in [0.717, 1.165) is 19.5 Å². The van der Waals surface area contributed by atoms with Crippen LogP contribution in [0.3, 0.4) is 0 Å². The number of rotatable bonds is 2. The van der Waals surface area contributed by atoms with Gasteiger partial charge in [-0.05, 0) is 59.3 Å². The summed E-state index contributed by atoms with van der Waals surface area (Å²) in [7, 11) is 1.51. The van der Waals surface area contributed by atoms with Gasteiger partial charge >= 0.3 is 0 Å². The van der Waals surface area contributed by atoms with Crippen LogP contribution in [0.4, 0.5) is 5.69 Å². The summed E-state index contributed by atoms with van der Waals surface area (Å²) >= 11 is 2.21. The number of carbonyl (C=O) groups excluding carboxylic acids is 1. The van der Waals surface area contributed by atoms with Gasteiger partial charge in [-0.25, -0.2) is 4.68 Å². The average Bonchev–Trinajstić information content (AvgIpc) is 2.36. The predicted octanol–water partition coefficient (Wildman–Crippen LogP) is 1.95. The molecular formula is C13H12IN3O2. The third-order valence-electron chi connectivity index (χ3n) is 2.63. The Hall–Kier alpha value is -1.70. The van der Waals surface area contributed by atoms with E-state index in [9.17, 15) is 9.59 Å². The SMILES string of the molecule is Cc1cc(I)ccc1NC(=O)c1ccc(=O)n(C)n1. The molecule has 5 nitrogen and oxygen atoms in total. The number of benzene rings is 1. The van der Waals surface area contributed by atoms with Crippen LogP contribution in [0.25, 0.3) is 0 Å². The Labute approximate surface area is 123 Å². The van der Waals surface area contributed by atoms with Crippen LogP contribution >= 0.6 is 22.6 Å². The van der Waals surface area contributed by atoms with E-state index in [1.807, 2.05) is 25.1 Å². The third-order valence-corrected chi connectivity index (χ3v) is 3.30. The zero-order valence-electron chi connectivity index (χ0n) is 10.5. The molecule has 0 aliphatic heterocycles. The maximum Gasteiger partial charge on any atom is 0.276 e. The number of aryl methyl sites for hydroxylation is 2. The van der Waals surface area contributed by atoms with Crippen LogP contribution in [0.5, 0.6) is 0 Å². The summed E-state index contributed by atoms with van der Waals surface area (Å²) in [5.41, 5.74) is 1.67. The Bertz CT molecular complexity index is 695. The first-order valence-corrected chi connectivity index (χ1v) is 6.67. The van der Waals surface area contributed by atoms with Gasteiger partial charge in [0.15, 0.2) is 0 Å². The van der Waals surface area contributed by atoms with E-state index >= 15 is 0 Å². The molecule has 1 N–H and O–H groups in total. The van der Waals surface area contributed by atoms with Crippen molar-refractivity contribution in [3.8, 4) is 0 Å². The van der Waals surface area contributed by atoms with Gasteiger partial charge in [-0.3, -0.25) is 9.59 Å². The third kappa shape index (κ3) is 3.19. The second-order valence-corrected chi connectivity index (χ2v) is 5.34. The molecule has 0 saturated heterocycles. The zero-order valence-corrected chi connectivity index (χ0v) is 12.6. The van der Waals surface area contributed by atoms with Crippen LogP contribution in [-0.2, 0) is 7.05 Å². The minimum Gasteiger partial charge on any atom is -0.320 e. The maximum atomic E-state index is 12.0. The Morgan fingerprint density at radius 1 is 1.32 bits per heavy atom. The molecule has 0 aliphatic carbocycles. The summed E-state index contributed by atoms with van der Waals surface area (Å²) in [6.07, 6.45) is 0. The standard InChI is InChI=1S/C13H12IN3O2/c1-8-7-9(14)3-4-10(8)15-13(19)11-5-6-12(18)17(2)16-11/h3-7H,1-2H3,(H,15,19). The van der Waals surface area contributed by atoms with E-state index in [-0.39, 0.29) is 17.2 Å². The molecule has 0 saturated carbocycles. The lowest BCUT2D eigenvalue weighted by atomic mass is 10.2. The molecule has 0 unspecified atom stereocenters. The Morgan fingerprint density at radius 3 is 2.68 bits per heavy atom. The molecule has 0 atom stereocenters. The largest absolute Gasteiger partial charge is 0.320 e. The molecule has 1 aromatic heterocycles. The lowest BCUT2D eigenvalue weighted by molar-refractivity contribution is 0.102. The van der Waals surface area contributed by atoms with Crippen molar-refractivity contribution in [2.24, 2.45) is 7.05 Å². The predicted molar refractivity (Wildman–Crippen MR) is 81.3 cm³/mol. The van der Waals surface area contributed by atoms with E-state index in [2.05, 4.69) is 33.0 Å². The minimum atomic E-state index is -0.333. The van der Waals surface area contributed by atoms with E-state index in [4.69, 9.17) is 0 Å².